The molecule has 0 aliphatic carbocycles. The summed E-state index contributed by atoms with van der Waals surface area (Å²) in [7, 11) is 1.49. The second-order valence-corrected chi connectivity index (χ2v) is 5.30. The first-order chi connectivity index (χ1) is 9.71. The van der Waals surface area contributed by atoms with Crippen LogP contribution in [0.3, 0.4) is 0 Å². The van der Waals surface area contributed by atoms with E-state index in [1.165, 1.54) is 29.8 Å². The van der Waals surface area contributed by atoms with E-state index in [0.29, 0.717) is 17.0 Å². The van der Waals surface area contributed by atoms with Crippen LogP contribution in [-0.4, -0.2) is 10.5 Å². The molecular weight excluding hydrogens is 305 g/mol. The van der Waals surface area contributed by atoms with Gasteiger partial charge < -0.3 is 9.88 Å². The average molecular weight is 316 g/mol. The topological polar surface area (TPSA) is 51.1 Å². The van der Waals surface area contributed by atoms with Gasteiger partial charge in [-0.1, -0.05) is 23.5 Å². The smallest absolute Gasteiger partial charge is 0.321 e. The summed E-state index contributed by atoms with van der Waals surface area (Å²) in [5.41, 5.74) is -0.857. The van der Waals surface area contributed by atoms with E-state index >= 15 is 0 Å². The van der Waals surface area contributed by atoms with E-state index in [4.69, 9.17) is 0 Å². The molecule has 0 aliphatic rings. The van der Waals surface area contributed by atoms with Gasteiger partial charge in [-0.15, -0.1) is 0 Å². The second kappa shape index (κ2) is 5.36. The van der Waals surface area contributed by atoms with Crippen molar-refractivity contribution in [1.82, 2.24) is 4.57 Å². The summed E-state index contributed by atoms with van der Waals surface area (Å²) in [5, 5.41) is 2.21. The number of rotatable bonds is 2. The van der Waals surface area contributed by atoms with Crippen LogP contribution in [0.15, 0.2) is 29.1 Å². The Hall–Kier alpha value is -2.09. The third kappa shape index (κ3) is 2.99. The van der Waals surface area contributed by atoms with Gasteiger partial charge in [0.1, 0.15) is 4.88 Å². The summed E-state index contributed by atoms with van der Waals surface area (Å²) in [5.74, 6) is -0.730. The first kappa shape index (κ1) is 15.3. The molecule has 2 rings (SSSR count). The van der Waals surface area contributed by atoms with Crippen molar-refractivity contribution in [3.63, 3.8) is 0 Å². The van der Waals surface area contributed by atoms with Crippen molar-refractivity contribution in [3.8, 4) is 0 Å². The van der Waals surface area contributed by atoms with E-state index in [1.54, 1.807) is 6.92 Å². The maximum Gasteiger partial charge on any atom is 0.418 e. The summed E-state index contributed by atoms with van der Waals surface area (Å²) in [6.07, 6.45) is -4.57. The van der Waals surface area contributed by atoms with Gasteiger partial charge in [0, 0.05) is 12.7 Å². The van der Waals surface area contributed by atoms with Crippen LogP contribution in [0.1, 0.15) is 20.9 Å². The fourth-order valence-corrected chi connectivity index (χ4v) is 2.62. The van der Waals surface area contributed by atoms with Gasteiger partial charge in [-0.3, -0.25) is 9.59 Å². The number of alkyl halides is 3. The number of nitrogens with one attached hydrogen (secondary N) is 1. The van der Waals surface area contributed by atoms with Crippen molar-refractivity contribution < 1.29 is 18.0 Å². The molecule has 1 aromatic heterocycles. The van der Waals surface area contributed by atoms with Gasteiger partial charge in [0.05, 0.1) is 11.3 Å². The zero-order valence-corrected chi connectivity index (χ0v) is 11.9. The van der Waals surface area contributed by atoms with Crippen LogP contribution in [0.4, 0.5) is 18.9 Å². The van der Waals surface area contributed by atoms with Crippen molar-refractivity contribution in [2.45, 2.75) is 13.1 Å². The molecule has 1 aromatic carbocycles. The van der Waals surface area contributed by atoms with Crippen LogP contribution in [0.5, 0.6) is 0 Å². The molecule has 0 radical (unpaired) electrons. The quantitative estimate of drug-likeness (QED) is 0.926. The summed E-state index contributed by atoms with van der Waals surface area (Å²) in [4.78, 5) is 23.3. The molecule has 4 nitrogen and oxygen atoms in total. The Morgan fingerprint density at radius 3 is 2.43 bits per heavy atom. The first-order valence-electron chi connectivity index (χ1n) is 5.86. The summed E-state index contributed by atoms with van der Waals surface area (Å²) in [6, 6.07) is 4.69. The lowest BCUT2D eigenvalue weighted by Crippen LogP contribution is -2.16. The zero-order chi connectivity index (χ0) is 15.8. The van der Waals surface area contributed by atoms with Gasteiger partial charge in [-0.05, 0) is 19.1 Å². The van der Waals surface area contributed by atoms with Crippen LogP contribution in [-0.2, 0) is 13.2 Å². The molecular formula is C13H11F3N2O2S. The minimum atomic E-state index is -4.57. The van der Waals surface area contributed by atoms with E-state index < -0.39 is 17.6 Å². The molecule has 112 valence electrons. The second-order valence-electron chi connectivity index (χ2n) is 4.34. The van der Waals surface area contributed by atoms with Gasteiger partial charge in [0.25, 0.3) is 5.91 Å². The predicted octanol–water partition coefficient (Wildman–Crippen LogP) is 3.03. The van der Waals surface area contributed by atoms with Crippen LogP contribution in [0, 0.1) is 6.92 Å². The molecule has 0 spiro atoms. The Bertz CT molecular complexity index is 747. The van der Waals surface area contributed by atoms with E-state index in [1.807, 2.05) is 0 Å². The molecule has 2 aromatic rings. The highest BCUT2D eigenvalue weighted by Gasteiger charge is 2.33. The summed E-state index contributed by atoms with van der Waals surface area (Å²) < 4.78 is 39.8. The standard InChI is InChI=1S/C13H11F3N2O2S/c1-7-10(21-12(20)18(7)2)11(19)17-9-6-4-3-5-8(9)13(14,15)16/h3-6H,1-2H3,(H,17,19). The Morgan fingerprint density at radius 2 is 1.90 bits per heavy atom. The van der Waals surface area contributed by atoms with Crippen molar-refractivity contribution in [1.29, 1.82) is 0 Å². The third-order valence-electron chi connectivity index (χ3n) is 2.98. The monoisotopic (exact) mass is 316 g/mol. The number of aromatic nitrogens is 1. The fourth-order valence-electron chi connectivity index (χ4n) is 1.75. The van der Waals surface area contributed by atoms with Crippen LogP contribution < -0.4 is 10.2 Å². The largest absolute Gasteiger partial charge is 0.418 e. The number of hydrogen-bond acceptors (Lipinski definition) is 3. The SMILES string of the molecule is Cc1c(C(=O)Nc2ccccc2C(F)(F)F)sc(=O)n1C. The maximum absolute atomic E-state index is 12.8. The molecule has 0 saturated heterocycles. The number of anilines is 1. The summed E-state index contributed by atoms with van der Waals surface area (Å²) in [6.45, 7) is 1.56. The lowest BCUT2D eigenvalue weighted by molar-refractivity contribution is -0.136. The van der Waals surface area contributed by atoms with Crippen molar-refractivity contribution in [2.75, 3.05) is 5.32 Å². The molecule has 0 fully saturated rings. The predicted molar refractivity (Wildman–Crippen MR) is 73.7 cm³/mol. The summed E-state index contributed by atoms with van der Waals surface area (Å²) >= 11 is 0.696. The molecule has 0 aliphatic heterocycles. The van der Waals surface area contributed by atoms with Crippen LogP contribution in [0.2, 0.25) is 0 Å². The number of hydrogen-bond donors (Lipinski definition) is 1. The van der Waals surface area contributed by atoms with E-state index in [9.17, 15) is 22.8 Å². The lowest BCUT2D eigenvalue weighted by atomic mass is 10.1. The third-order valence-corrected chi connectivity index (χ3v) is 4.12. The van der Waals surface area contributed by atoms with E-state index in [2.05, 4.69) is 5.32 Å². The highest BCUT2D eigenvalue weighted by atomic mass is 32.1. The average Bonchev–Trinajstić information content (AvgIpc) is 2.66. The Morgan fingerprint density at radius 1 is 1.29 bits per heavy atom. The zero-order valence-electron chi connectivity index (χ0n) is 11.1. The Labute approximate surface area is 121 Å². The number of benzene rings is 1. The number of thiazole rings is 1. The Balaban J connectivity index is 2.37. The lowest BCUT2D eigenvalue weighted by Gasteiger charge is -2.13. The van der Waals surface area contributed by atoms with Gasteiger partial charge in [-0.25, -0.2) is 0 Å². The molecule has 1 N–H and O–H groups in total. The minimum absolute atomic E-state index is 0.0967. The number of carbonyl (C=O) groups excluding carboxylic acids is 1. The van der Waals surface area contributed by atoms with Gasteiger partial charge >= 0.3 is 11.0 Å². The molecule has 21 heavy (non-hydrogen) atoms. The molecule has 1 heterocycles. The normalized spacial score (nSPS) is 11.5. The highest BCUT2D eigenvalue weighted by molar-refractivity contribution is 7.11. The van der Waals surface area contributed by atoms with E-state index in [-0.39, 0.29) is 15.4 Å². The maximum atomic E-state index is 12.8. The highest BCUT2D eigenvalue weighted by Crippen LogP contribution is 2.34. The fraction of sp³-hybridized carbons (Fsp3) is 0.231. The number of halogens is 3. The Kier molecular flexibility index (Phi) is 3.91. The number of nitrogens with zero attached hydrogens (tertiary/aromatic N) is 1. The van der Waals surface area contributed by atoms with Crippen molar-refractivity contribution >= 4 is 22.9 Å². The van der Waals surface area contributed by atoms with Gasteiger partial charge in [-0.2, -0.15) is 13.2 Å². The molecule has 0 saturated carbocycles. The van der Waals surface area contributed by atoms with Crippen molar-refractivity contribution in [3.05, 3.63) is 50.1 Å². The molecule has 0 unspecified atom stereocenters. The number of para-hydroxylation sites is 1. The van der Waals surface area contributed by atoms with E-state index in [0.717, 1.165) is 6.07 Å². The van der Waals surface area contributed by atoms with Crippen LogP contribution in [0.25, 0.3) is 0 Å². The van der Waals surface area contributed by atoms with Gasteiger partial charge in [0.2, 0.25) is 0 Å². The van der Waals surface area contributed by atoms with Crippen molar-refractivity contribution in [2.24, 2.45) is 7.05 Å². The minimum Gasteiger partial charge on any atom is -0.321 e. The first-order valence-corrected chi connectivity index (χ1v) is 6.67. The molecule has 0 bridgehead atoms. The van der Waals surface area contributed by atoms with Gasteiger partial charge in [0.15, 0.2) is 0 Å². The number of carbonyl (C=O) groups is 1. The van der Waals surface area contributed by atoms with Crippen LogP contribution >= 0.6 is 11.3 Å². The molecule has 0 atom stereocenters. The molecule has 1 amide bonds. The number of amides is 1. The molecule has 8 heteroatoms.